The van der Waals surface area contributed by atoms with E-state index in [1.54, 1.807) is 19.2 Å². The zero-order valence-corrected chi connectivity index (χ0v) is 11.7. The second kappa shape index (κ2) is 4.87. The number of ether oxygens (including phenoxy) is 1. The number of halogens is 1. The maximum absolute atomic E-state index is 11.3. The van der Waals surface area contributed by atoms with Gasteiger partial charge >= 0.3 is 5.97 Å². The third kappa shape index (κ3) is 2.16. The van der Waals surface area contributed by atoms with Crippen molar-refractivity contribution in [3.05, 3.63) is 41.0 Å². The van der Waals surface area contributed by atoms with Crippen molar-refractivity contribution in [2.24, 2.45) is 0 Å². The molecule has 0 atom stereocenters. The van der Waals surface area contributed by atoms with E-state index in [1.165, 1.54) is 0 Å². The highest BCUT2D eigenvalue weighted by molar-refractivity contribution is 6.32. The third-order valence-electron chi connectivity index (χ3n) is 3.50. The Bertz CT molecular complexity index is 674. The van der Waals surface area contributed by atoms with E-state index in [9.17, 15) is 9.90 Å². The van der Waals surface area contributed by atoms with Gasteiger partial charge in [-0.15, -0.1) is 0 Å². The highest BCUT2D eigenvalue weighted by Gasteiger charge is 2.30. The van der Waals surface area contributed by atoms with Crippen LogP contribution in [-0.4, -0.2) is 22.8 Å². The van der Waals surface area contributed by atoms with Gasteiger partial charge in [0.1, 0.15) is 11.4 Å². The smallest absolute Gasteiger partial charge is 0.352 e. The third-order valence-corrected chi connectivity index (χ3v) is 3.81. The lowest BCUT2D eigenvalue weighted by atomic mass is 10.1. The molecule has 20 heavy (non-hydrogen) atoms. The van der Waals surface area contributed by atoms with Gasteiger partial charge in [0.15, 0.2) is 0 Å². The number of aromatic carboxylic acids is 1. The van der Waals surface area contributed by atoms with Gasteiger partial charge in [0, 0.05) is 17.3 Å². The molecular formula is C15H14ClNO3. The molecule has 2 aromatic rings. The molecule has 1 aliphatic carbocycles. The Hall–Kier alpha value is -1.94. The van der Waals surface area contributed by atoms with Crippen molar-refractivity contribution in [1.29, 1.82) is 0 Å². The van der Waals surface area contributed by atoms with Crippen molar-refractivity contribution < 1.29 is 14.6 Å². The number of carbonyl (C=O) groups is 1. The Morgan fingerprint density at radius 3 is 2.70 bits per heavy atom. The summed E-state index contributed by atoms with van der Waals surface area (Å²) in [6, 6.07) is 9.25. The van der Waals surface area contributed by atoms with E-state index in [1.807, 2.05) is 22.8 Å². The number of nitrogens with zero attached hydrogens (tertiary/aromatic N) is 1. The number of aromatic nitrogens is 1. The molecule has 1 saturated carbocycles. The Morgan fingerprint density at radius 1 is 1.35 bits per heavy atom. The van der Waals surface area contributed by atoms with Crippen molar-refractivity contribution in [3.63, 3.8) is 0 Å². The number of methoxy groups -OCH3 is 1. The first-order valence-corrected chi connectivity index (χ1v) is 6.78. The second-order valence-electron chi connectivity index (χ2n) is 4.86. The zero-order chi connectivity index (χ0) is 14.3. The monoisotopic (exact) mass is 291 g/mol. The Morgan fingerprint density at radius 2 is 2.10 bits per heavy atom. The summed E-state index contributed by atoms with van der Waals surface area (Å²) in [6.07, 6.45) is 2.04. The lowest BCUT2D eigenvalue weighted by Crippen LogP contribution is -2.08. The average molecular weight is 292 g/mol. The molecule has 0 spiro atoms. The van der Waals surface area contributed by atoms with Gasteiger partial charge in [-0.25, -0.2) is 4.79 Å². The van der Waals surface area contributed by atoms with Crippen LogP contribution in [0.15, 0.2) is 30.3 Å². The summed E-state index contributed by atoms with van der Waals surface area (Å²) in [5, 5.41) is 9.82. The highest BCUT2D eigenvalue weighted by atomic mass is 35.5. The number of hydrogen-bond donors (Lipinski definition) is 1. The summed E-state index contributed by atoms with van der Waals surface area (Å²) in [4.78, 5) is 11.3. The molecule has 1 aromatic heterocycles. The molecule has 0 saturated heterocycles. The average Bonchev–Trinajstić information content (AvgIpc) is 3.17. The molecule has 0 unspecified atom stereocenters. The van der Waals surface area contributed by atoms with Crippen LogP contribution in [0.5, 0.6) is 5.75 Å². The van der Waals surface area contributed by atoms with Crippen molar-refractivity contribution in [2.75, 3.05) is 7.11 Å². The molecule has 1 aliphatic rings. The molecule has 4 nitrogen and oxygen atoms in total. The SMILES string of the molecule is COc1cc(-c2ccc(C(=O)O)n2C2CC2)ccc1Cl. The predicted molar refractivity (Wildman–Crippen MR) is 76.7 cm³/mol. The van der Waals surface area contributed by atoms with Crippen LogP contribution in [0.25, 0.3) is 11.3 Å². The molecule has 1 heterocycles. The lowest BCUT2D eigenvalue weighted by molar-refractivity contribution is 0.0685. The van der Waals surface area contributed by atoms with Gasteiger partial charge in [0.25, 0.3) is 0 Å². The fraction of sp³-hybridized carbons (Fsp3) is 0.267. The van der Waals surface area contributed by atoms with Crippen LogP contribution in [0.2, 0.25) is 5.02 Å². The minimum atomic E-state index is -0.899. The number of hydrogen-bond acceptors (Lipinski definition) is 2. The molecule has 0 radical (unpaired) electrons. The lowest BCUT2D eigenvalue weighted by Gasteiger charge is -2.12. The molecule has 1 aromatic carbocycles. The molecule has 0 amide bonds. The summed E-state index contributed by atoms with van der Waals surface area (Å²) >= 11 is 6.03. The normalized spacial score (nSPS) is 14.3. The van der Waals surface area contributed by atoms with Crippen LogP contribution in [0.1, 0.15) is 29.4 Å². The largest absolute Gasteiger partial charge is 0.495 e. The first-order valence-electron chi connectivity index (χ1n) is 6.40. The quantitative estimate of drug-likeness (QED) is 0.931. The molecule has 5 heteroatoms. The summed E-state index contributed by atoms with van der Waals surface area (Å²) in [6.45, 7) is 0. The van der Waals surface area contributed by atoms with E-state index in [0.29, 0.717) is 16.5 Å². The predicted octanol–water partition coefficient (Wildman–Crippen LogP) is 3.85. The van der Waals surface area contributed by atoms with E-state index < -0.39 is 5.97 Å². The maximum atomic E-state index is 11.3. The van der Waals surface area contributed by atoms with Gasteiger partial charge in [0.2, 0.25) is 0 Å². The zero-order valence-electron chi connectivity index (χ0n) is 11.0. The summed E-state index contributed by atoms with van der Waals surface area (Å²) in [5.74, 6) is -0.311. The Balaban J connectivity index is 2.12. The van der Waals surface area contributed by atoms with E-state index in [0.717, 1.165) is 24.1 Å². The molecule has 1 N–H and O–H groups in total. The van der Waals surface area contributed by atoms with Crippen LogP contribution >= 0.6 is 11.6 Å². The van der Waals surface area contributed by atoms with Gasteiger partial charge in [-0.3, -0.25) is 0 Å². The number of carboxylic acid groups (broad SMARTS) is 1. The molecule has 3 rings (SSSR count). The number of benzene rings is 1. The second-order valence-corrected chi connectivity index (χ2v) is 5.27. The van der Waals surface area contributed by atoms with Gasteiger partial charge in [0.05, 0.1) is 12.1 Å². The van der Waals surface area contributed by atoms with Crippen molar-refractivity contribution in [1.82, 2.24) is 4.57 Å². The first-order chi connectivity index (χ1) is 9.61. The summed E-state index contributed by atoms with van der Waals surface area (Å²) in [7, 11) is 1.56. The van der Waals surface area contributed by atoms with Crippen molar-refractivity contribution in [3.8, 4) is 17.0 Å². The van der Waals surface area contributed by atoms with Gasteiger partial charge in [-0.2, -0.15) is 0 Å². The van der Waals surface area contributed by atoms with Gasteiger partial charge in [-0.1, -0.05) is 17.7 Å². The summed E-state index contributed by atoms with van der Waals surface area (Å²) in [5.41, 5.74) is 2.13. The van der Waals surface area contributed by atoms with E-state index in [2.05, 4.69) is 0 Å². The highest BCUT2D eigenvalue weighted by Crippen LogP contribution is 2.41. The van der Waals surface area contributed by atoms with Crippen molar-refractivity contribution >= 4 is 17.6 Å². The Labute approximate surface area is 121 Å². The fourth-order valence-corrected chi connectivity index (χ4v) is 2.60. The Kier molecular flexibility index (Phi) is 3.18. The van der Waals surface area contributed by atoms with Crippen LogP contribution in [0, 0.1) is 0 Å². The van der Waals surface area contributed by atoms with Crippen LogP contribution < -0.4 is 4.74 Å². The molecule has 0 bridgehead atoms. The van der Waals surface area contributed by atoms with Gasteiger partial charge in [-0.05, 0) is 37.1 Å². The topological polar surface area (TPSA) is 51.5 Å². The maximum Gasteiger partial charge on any atom is 0.352 e. The minimum Gasteiger partial charge on any atom is -0.495 e. The van der Waals surface area contributed by atoms with Gasteiger partial charge < -0.3 is 14.4 Å². The number of rotatable bonds is 4. The van der Waals surface area contributed by atoms with Crippen molar-refractivity contribution in [2.45, 2.75) is 18.9 Å². The minimum absolute atomic E-state index is 0.285. The molecule has 0 aliphatic heterocycles. The standard InChI is InChI=1S/C15H14ClNO3/c1-20-14-8-9(2-5-11(14)16)12-6-7-13(15(18)19)17(12)10-3-4-10/h2,5-8,10H,3-4H2,1H3,(H,18,19). The van der Waals surface area contributed by atoms with Crippen LogP contribution in [0.4, 0.5) is 0 Å². The molecule has 1 fully saturated rings. The van der Waals surface area contributed by atoms with E-state index in [4.69, 9.17) is 16.3 Å². The van der Waals surface area contributed by atoms with E-state index in [-0.39, 0.29) is 6.04 Å². The van der Waals surface area contributed by atoms with E-state index >= 15 is 0 Å². The molecular weight excluding hydrogens is 278 g/mol. The summed E-state index contributed by atoms with van der Waals surface area (Å²) < 4.78 is 7.11. The molecule has 104 valence electrons. The number of carboxylic acids is 1. The first kappa shape index (κ1) is 13.1. The van der Waals surface area contributed by atoms with Crippen LogP contribution in [-0.2, 0) is 0 Å². The fourth-order valence-electron chi connectivity index (χ4n) is 2.40. The van der Waals surface area contributed by atoms with Crippen LogP contribution in [0.3, 0.4) is 0 Å².